The topological polar surface area (TPSA) is 27.1 Å². The van der Waals surface area contributed by atoms with Gasteiger partial charge in [0.2, 0.25) is 0 Å². The van der Waals surface area contributed by atoms with Gasteiger partial charge in [0.05, 0.1) is 18.8 Å². The SMILES string of the molecule is CSCO[C@@H](Cn1ccnc1)c1ccc(Cl)cc1Cl. The molecule has 0 unspecified atom stereocenters. The number of aromatic nitrogens is 2. The first-order valence-electron chi connectivity index (χ1n) is 5.72. The van der Waals surface area contributed by atoms with Crippen LogP contribution in [-0.2, 0) is 11.3 Å². The molecule has 6 heteroatoms. The molecule has 1 aromatic carbocycles. The Morgan fingerprint density at radius 1 is 1.42 bits per heavy atom. The van der Waals surface area contributed by atoms with Crippen LogP contribution in [0.3, 0.4) is 0 Å². The van der Waals surface area contributed by atoms with Gasteiger partial charge >= 0.3 is 0 Å². The van der Waals surface area contributed by atoms with E-state index in [1.165, 1.54) is 0 Å². The van der Waals surface area contributed by atoms with Gasteiger partial charge in [-0.25, -0.2) is 4.98 Å². The minimum Gasteiger partial charge on any atom is -0.361 e. The van der Waals surface area contributed by atoms with Crippen LogP contribution >= 0.6 is 35.0 Å². The van der Waals surface area contributed by atoms with Gasteiger partial charge in [0.25, 0.3) is 0 Å². The van der Waals surface area contributed by atoms with Crippen LogP contribution in [-0.4, -0.2) is 21.7 Å². The zero-order valence-electron chi connectivity index (χ0n) is 10.4. The fourth-order valence-corrected chi connectivity index (χ4v) is 2.57. The molecule has 2 aromatic rings. The summed E-state index contributed by atoms with van der Waals surface area (Å²) in [6.45, 7) is 0.669. The van der Waals surface area contributed by atoms with Crippen molar-refractivity contribution in [1.82, 2.24) is 9.55 Å². The van der Waals surface area contributed by atoms with Crippen LogP contribution < -0.4 is 0 Å². The lowest BCUT2D eigenvalue weighted by Crippen LogP contribution is -2.12. The van der Waals surface area contributed by atoms with E-state index in [1.807, 2.05) is 29.2 Å². The summed E-state index contributed by atoms with van der Waals surface area (Å²) in [5, 5.41) is 1.25. The van der Waals surface area contributed by atoms with E-state index in [0.29, 0.717) is 22.5 Å². The molecule has 2 rings (SSSR count). The highest BCUT2D eigenvalue weighted by molar-refractivity contribution is 7.98. The van der Waals surface area contributed by atoms with E-state index in [9.17, 15) is 0 Å². The zero-order valence-corrected chi connectivity index (χ0v) is 12.8. The van der Waals surface area contributed by atoms with Gasteiger partial charge in [-0.1, -0.05) is 29.3 Å². The van der Waals surface area contributed by atoms with Crippen LogP contribution in [0, 0.1) is 0 Å². The lowest BCUT2D eigenvalue weighted by Gasteiger charge is -2.19. The Labute approximate surface area is 126 Å². The third kappa shape index (κ3) is 4.14. The molecule has 1 heterocycles. The second kappa shape index (κ2) is 7.20. The molecule has 0 bridgehead atoms. The van der Waals surface area contributed by atoms with Gasteiger partial charge < -0.3 is 9.30 Å². The molecule has 0 fully saturated rings. The first-order chi connectivity index (χ1) is 9.20. The first-order valence-corrected chi connectivity index (χ1v) is 7.87. The van der Waals surface area contributed by atoms with Gasteiger partial charge in [0, 0.05) is 28.0 Å². The summed E-state index contributed by atoms with van der Waals surface area (Å²) in [4.78, 5) is 4.03. The van der Waals surface area contributed by atoms with Gasteiger partial charge in [-0.05, 0) is 18.4 Å². The molecule has 19 heavy (non-hydrogen) atoms. The fourth-order valence-electron chi connectivity index (χ4n) is 1.74. The first kappa shape index (κ1) is 14.7. The van der Waals surface area contributed by atoms with Crippen LogP contribution in [0.4, 0.5) is 0 Å². The molecule has 102 valence electrons. The number of ether oxygens (including phenoxy) is 1. The molecule has 0 saturated carbocycles. The Balaban J connectivity index is 2.20. The molecule has 1 aromatic heterocycles. The predicted octanol–water partition coefficient (Wildman–Crippen LogP) is 4.27. The number of benzene rings is 1. The minimum atomic E-state index is -0.119. The van der Waals surface area contributed by atoms with E-state index < -0.39 is 0 Å². The number of halogens is 2. The average Bonchev–Trinajstić information content (AvgIpc) is 2.88. The van der Waals surface area contributed by atoms with Crippen molar-refractivity contribution in [1.29, 1.82) is 0 Å². The summed E-state index contributed by atoms with van der Waals surface area (Å²) < 4.78 is 7.83. The normalized spacial score (nSPS) is 12.6. The highest BCUT2D eigenvalue weighted by atomic mass is 35.5. The van der Waals surface area contributed by atoms with Crippen molar-refractivity contribution >= 4 is 35.0 Å². The largest absolute Gasteiger partial charge is 0.361 e. The summed E-state index contributed by atoms with van der Waals surface area (Å²) >= 11 is 13.8. The maximum absolute atomic E-state index is 6.25. The number of hydrogen-bond acceptors (Lipinski definition) is 3. The van der Waals surface area contributed by atoms with Crippen LogP contribution in [0.5, 0.6) is 0 Å². The van der Waals surface area contributed by atoms with Crippen LogP contribution in [0.15, 0.2) is 36.9 Å². The quantitative estimate of drug-likeness (QED) is 0.745. The molecule has 0 saturated heterocycles. The lowest BCUT2D eigenvalue weighted by molar-refractivity contribution is 0.0761. The van der Waals surface area contributed by atoms with E-state index in [-0.39, 0.29) is 6.10 Å². The smallest absolute Gasteiger partial charge is 0.103 e. The van der Waals surface area contributed by atoms with Crippen molar-refractivity contribution < 1.29 is 4.74 Å². The Kier molecular flexibility index (Phi) is 5.58. The lowest BCUT2D eigenvalue weighted by atomic mass is 10.1. The third-order valence-electron chi connectivity index (χ3n) is 2.63. The van der Waals surface area contributed by atoms with Crippen LogP contribution in [0.1, 0.15) is 11.7 Å². The van der Waals surface area contributed by atoms with Crippen molar-refractivity contribution in [2.75, 3.05) is 12.2 Å². The number of imidazole rings is 1. The van der Waals surface area contributed by atoms with Gasteiger partial charge in [0.1, 0.15) is 6.10 Å². The summed E-state index contributed by atoms with van der Waals surface area (Å²) in [6, 6.07) is 5.47. The predicted molar refractivity (Wildman–Crippen MR) is 80.9 cm³/mol. The number of hydrogen-bond donors (Lipinski definition) is 0. The van der Waals surface area contributed by atoms with Crippen molar-refractivity contribution in [3.8, 4) is 0 Å². The molecule has 0 radical (unpaired) electrons. The highest BCUT2D eigenvalue weighted by Gasteiger charge is 2.16. The molecule has 0 amide bonds. The second-order valence-corrected chi connectivity index (χ2v) is 5.64. The maximum Gasteiger partial charge on any atom is 0.103 e. The second-order valence-electron chi connectivity index (χ2n) is 3.99. The highest BCUT2D eigenvalue weighted by Crippen LogP contribution is 2.30. The molecule has 1 atom stereocenters. The summed E-state index contributed by atoms with van der Waals surface area (Å²) in [7, 11) is 0. The molecule has 3 nitrogen and oxygen atoms in total. The Morgan fingerprint density at radius 2 is 2.26 bits per heavy atom. The Morgan fingerprint density at radius 3 is 2.89 bits per heavy atom. The zero-order chi connectivity index (χ0) is 13.7. The van der Waals surface area contributed by atoms with Gasteiger partial charge in [-0.3, -0.25) is 0 Å². The van der Waals surface area contributed by atoms with E-state index in [1.54, 1.807) is 30.4 Å². The van der Waals surface area contributed by atoms with Crippen molar-refractivity contribution in [2.24, 2.45) is 0 Å². The van der Waals surface area contributed by atoms with Crippen molar-refractivity contribution in [2.45, 2.75) is 12.6 Å². The molecule has 0 aliphatic carbocycles. The van der Waals surface area contributed by atoms with E-state index in [0.717, 1.165) is 5.56 Å². The maximum atomic E-state index is 6.25. The monoisotopic (exact) mass is 316 g/mol. The van der Waals surface area contributed by atoms with Gasteiger partial charge in [0.15, 0.2) is 0 Å². The van der Waals surface area contributed by atoms with Crippen molar-refractivity contribution in [3.63, 3.8) is 0 Å². The Bertz CT molecular complexity index is 519. The van der Waals surface area contributed by atoms with E-state index >= 15 is 0 Å². The summed E-state index contributed by atoms with van der Waals surface area (Å²) in [6.07, 6.45) is 7.29. The van der Waals surface area contributed by atoms with Crippen LogP contribution in [0.25, 0.3) is 0 Å². The molecule has 0 aliphatic rings. The molecular weight excluding hydrogens is 303 g/mol. The number of thioether (sulfide) groups is 1. The standard InChI is InChI=1S/C13H14Cl2N2OS/c1-19-9-18-13(7-17-5-4-16-8-17)11-3-2-10(14)6-12(11)15/h2-6,8,13H,7,9H2,1H3/t13-/m0/s1. The van der Waals surface area contributed by atoms with E-state index in [4.69, 9.17) is 27.9 Å². The Hall–Kier alpha value is -0.680. The van der Waals surface area contributed by atoms with Gasteiger partial charge in [-0.15, -0.1) is 11.8 Å². The molecule has 0 N–H and O–H groups in total. The minimum absolute atomic E-state index is 0.119. The van der Waals surface area contributed by atoms with E-state index in [2.05, 4.69) is 4.98 Å². The van der Waals surface area contributed by atoms with Crippen molar-refractivity contribution in [3.05, 3.63) is 52.5 Å². The molecule has 0 aliphatic heterocycles. The molecule has 0 spiro atoms. The van der Waals surface area contributed by atoms with Crippen LogP contribution in [0.2, 0.25) is 10.0 Å². The summed E-state index contributed by atoms with van der Waals surface area (Å²) in [5.41, 5.74) is 0.939. The summed E-state index contributed by atoms with van der Waals surface area (Å²) in [5.74, 6) is 0.609. The third-order valence-corrected chi connectivity index (χ3v) is 3.57. The molecular formula is C13H14Cl2N2OS. The van der Waals surface area contributed by atoms with Gasteiger partial charge in [-0.2, -0.15) is 0 Å². The average molecular weight is 317 g/mol. The fraction of sp³-hybridized carbons (Fsp3) is 0.308. The number of nitrogens with zero attached hydrogens (tertiary/aromatic N) is 2. The number of rotatable bonds is 6.